The fraction of sp³-hybridized carbons (Fsp3) is 0.211. The van der Waals surface area contributed by atoms with Gasteiger partial charge >= 0.3 is 12.0 Å². The monoisotopic (exact) mass is 419 g/mol. The van der Waals surface area contributed by atoms with Crippen molar-refractivity contribution in [2.24, 2.45) is 0 Å². The predicted molar refractivity (Wildman–Crippen MR) is 106 cm³/mol. The zero-order valence-corrected chi connectivity index (χ0v) is 16.0. The summed E-state index contributed by atoms with van der Waals surface area (Å²) in [6.45, 7) is 0.159. The van der Waals surface area contributed by atoms with Gasteiger partial charge in [-0.05, 0) is 42.0 Å². The standard InChI is InChI=1S/C19H19ClFN5O3/c20-13-3-1-12(2-4-13)11-16(17-25-19(29-26-17)22-9-10-27)24-18(28)23-15-7-5-14(21)6-8-15/h1-8,16,27H,9-11H2,(H,22,25,26)(H2,23,24,28). The largest absolute Gasteiger partial charge is 0.395 e. The topological polar surface area (TPSA) is 112 Å². The van der Waals surface area contributed by atoms with Gasteiger partial charge in [0.2, 0.25) is 0 Å². The molecule has 0 radical (unpaired) electrons. The molecule has 0 aliphatic rings. The molecular formula is C19H19ClFN5O3. The summed E-state index contributed by atoms with van der Waals surface area (Å²) in [5.74, 6) is -0.138. The summed E-state index contributed by atoms with van der Waals surface area (Å²) in [6.07, 6.45) is 0.382. The number of amides is 2. The van der Waals surface area contributed by atoms with E-state index in [0.717, 1.165) is 5.56 Å². The highest BCUT2D eigenvalue weighted by atomic mass is 35.5. The SMILES string of the molecule is O=C(Nc1ccc(F)cc1)NC(Cc1ccc(Cl)cc1)c1noc(NCCO)n1. The van der Waals surface area contributed by atoms with Gasteiger partial charge in [0.15, 0.2) is 5.82 Å². The van der Waals surface area contributed by atoms with Crippen molar-refractivity contribution in [3.05, 3.63) is 70.8 Å². The van der Waals surface area contributed by atoms with E-state index in [1.807, 2.05) is 12.1 Å². The maximum Gasteiger partial charge on any atom is 0.321 e. The summed E-state index contributed by atoms with van der Waals surface area (Å²) in [4.78, 5) is 16.6. The number of halogens is 2. The van der Waals surface area contributed by atoms with Gasteiger partial charge < -0.3 is 25.6 Å². The van der Waals surface area contributed by atoms with Crippen molar-refractivity contribution in [2.45, 2.75) is 12.5 Å². The number of urea groups is 1. The summed E-state index contributed by atoms with van der Waals surface area (Å²) in [5, 5.41) is 21.6. The van der Waals surface area contributed by atoms with Crippen LogP contribution in [0.3, 0.4) is 0 Å². The highest BCUT2D eigenvalue weighted by molar-refractivity contribution is 6.30. The molecule has 8 nitrogen and oxygen atoms in total. The molecule has 4 N–H and O–H groups in total. The fourth-order valence-electron chi connectivity index (χ4n) is 2.53. The fourth-order valence-corrected chi connectivity index (χ4v) is 2.66. The number of rotatable bonds is 8. The minimum atomic E-state index is -0.606. The van der Waals surface area contributed by atoms with Gasteiger partial charge in [-0.1, -0.05) is 28.9 Å². The number of hydrogen-bond acceptors (Lipinski definition) is 6. The molecule has 2 amide bonds. The third-order valence-electron chi connectivity index (χ3n) is 3.90. The van der Waals surface area contributed by atoms with Crippen molar-refractivity contribution in [3.8, 4) is 0 Å². The van der Waals surface area contributed by atoms with Crippen LogP contribution in [0.25, 0.3) is 0 Å². The van der Waals surface area contributed by atoms with Crippen molar-refractivity contribution >= 4 is 29.3 Å². The summed E-state index contributed by atoms with van der Waals surface area (Å²) >= 11 is 5.93. The average molecular weight is 420 g/mol. The van der Waals surface area contributed by atoms with Crippen LogP contribution in [0.2, 0.25) is 5.02 Å². The summed E-state index contributed by atoms with van der Waals surface area (Å²) in [6, 6.07) is 11.6. The number of nitrogens with one attached hydrogen (secondary N) is 3. The lowest BCUT2D eigenvalue weighted by molar-refractivity contribution is 0.247. The molecule has 0 aliphatic heterocycles. The van der Waals surface area contributed by atoms with Crippen LogP contribution in [-0.2, 0) is 6.42 Å². The molecule has 0 saturated carbocycles. The Kier molecular flexibility index (Phi) is 6.99. The van der Waals surface area contributed by atoms with Gasteiger partial charge in [-0.2, -0.15) is 4.98 Å². The Hall–Kier alpha value is -3.17. The van der Waals surface area contributed by atoms with Crippen molar-refractivity contribution in [1.82, 2.24) is 15.5 Å². The Labute approximate surface area is 171 Å². The van der Waals surface area contributed by atoms with Crippen LogP contribution >= 0.6 is 11.6 Å². The van der Waals surface area contributed by atoms with Crippen molar-refractivity contribution < 1.29 is 18.8 Å². The second-order valence-corrected chi connectivity index (χ2v) is 6.53. The van der Waals surface area contributed by atoms with E-state index in [1.165, 1.54) is 24.3 Å². The number of anilines is 2. The summed E-state index contributed by atoms with van der Waals surface area (Å²) in [7, 11) is 0. The van der Waals surface area contributed by atoms with Crippen LogP contribution in [0.4, 0.5) is 20.9 Å². The molecule has 0 saturated heterocycles. The van der Waals surface area contributed by atoms with E-state index in [2.05, 4.69) is 26.1 Å². The van der Waals surface area contributed by atoms with Crippen LogP contribution in [0.5, 0.6) is 0 Å². The average Bonchev–Trinajstić information content (AvgIpc) is 3.18. The molecule has 1 atom stereocenters. The molecule has 29 heavy (non-hydrogen) atoms. The molecule has 152 valence electrons. The van der Waals surface area contributed by atoms with Gasteiger partial charge in [-0.15, -0.1) is 0 Å². The first-order valence-electron chi connectivity index (χ1n) is 8.79. The van der Waals surface area contributed by atoms with Crippen LogP contribution in [0.15, 0.2) is 53.1 Å². The van der Waals surface area contributed by atoms with E-state index in [0.29, 0.717) is 17.1 Å². The Bertz CT molecular complexity index is 934. The second-order valence-electron chi connectivity index (χ2n) is 6.10. The number of aromatic nitrogens is 2. The van der Waals surface area contributed by atoms with Crippen molar-refractivity contribution in [1.29, 1.82) is 0 Å². The van der Waals surface area contributed by atoms with E-state index in [4.69, 9.17) is 21.2 Å². The first-order chi connectivity index (χ1) is 14.0. The molecular weight excluding hydrogens is 401 g/mol. The van der Waals surface area contributed by atoms with Gasteiger partial charge in [0, 0.05) is 23.7 Å². The van der Waals surface area contributed by atoms with Crippen molar-refractivity contribution in [2.75, 3.05) is 23.8 Å². The molecule has 0 fully saturated rings. The van der Waals surface area contributed by atoms with Gasteiger partial charge in [0.25, 0.3) is 0 Å². The molecule has 3 aromatic rings. The zero-order chi connectivity index (χ0) is 20.6. The van der Waals surface area contributed by atoms with Crippen LogP contribution in [0.1, 0.15) is 17.4 Å². The van der Waals surface area contributed by atoms with Crippen LogP contribution in [-0.4, -0.2) is 34.4 Å². The van der Waals surface area contributed by atoms with Crippen LogP contribution < -0.4 is 16.0 Å². The number of aliphatic hydroxyl groups excluding tert-OH is 1. The molecule has 10 heteroatoms. The summed E-state index contributed by atoms with van der Waals surface area (Å²) < 4.78 is 18.1. The quantitative estimate of drug-likeness (QED) is 0.445. The van der Waals surface area contributed by atoms with E-state index in [1.54, 1.807) is 12.1 Å². The lowest BCUT2D eigenvalue weighted by Gasteiger charge is -2.16. The van der Waals surface area contributed by atoms with Gasteiger partial charge in [-0.3, -0.25) is 0 Å². The molecule has 3 rings (SSSR count). The molecule has 0 aliphatic carbocycles. The Balaban J connectivity index is 1.74. The first-order valence-corrected chi connectivity index (χ1v) is 9.17. The van der Waals surface area contributed by atoms with Gasteiger partial charge in [0.05, 0.1) is 12.6 Å². The van der Waals surface area contributed by atoms with E-state index >= 15 is 0 Å². The second kappa shape index (κ2) is 9.85. The number of nitrogens with zero attached hydrogens (tertiary/aromatic N) is 2. The minimum Gasteiger partial charge on any atom is -0.395 e. The van der Waals surface area contributed by atoms with Gasteiger partial charge in [0.1, 0.15) is 5.82 Å². The third-order valence-corrected chi connectivity index (χ3v) is 4.15. The molecule has 1 aromatic heterocycles. The van der Waals surface area contributed by atoms with E-state index < -0.39 is 17.9 Å². The number of aliphatic hydroxyl groups is 1. The molecule has 0 bridgehead atoms. The predicted octanol–water partition coefficient (Wildman–Crippen LogP) is 3.37. The van der Waals surface area contributed by atoms with E-state index in [9.17, 15) is 9.18 Å². The Morgan fingerprint density at radius 1 is 1.17 bits per heavy atom. The highest BCUT2D eigenvalue weighted by Gasteiger charge is 2.21. The highest BCUT2D eigenvalue weighted by Crippen LogP contribution is 2.20. The smallest absolute Gasteiger partial charge is 0.321 e. The molecule has 0 spiro atoms. The minimum absolute atomic E-state index is 0.0930. The maximum atomic E-state index is 13.0. The normalized spacial score (nSPS) is 11.7. The Morgan fingerprint density at radius 3 is 2.59 bits per heavy atom. The third kappa shape index (κ3) is 6.16. The first kappa shape index (κ1) is 20.6. The maximum absolute atomic E-state index is 13.0. The molecule has 1 heterocycles. The zero-order valence-electron chi connectivity index (χ0n) is 15.2. The molecule has 2 aromatic carbocycles. The van der Waals surface area contributed by atoms with Gasteiger partial charge in [-0.25, -0.2) is 9.18 Å². The number of carbonyl (C=O) groups is 1. The molecule has 1 unspecified atom stereocenters. The Morgan fingerprint density at radius 2 is 1.90 bits per heavy atom. The van der Waals surface area contributed by atoms with E-state index in [-0.39, 0.29) is 25.0 Å². The lowest BCUT2D eigenvalue weighted by atomic mass is 10.1. The number of benzene rings is 2. The number of carbonyl (C=O) groups excluding carboxylic acids is 1. The lowest BCUT2D eigenvalue weighted by Crippen LogP contribution is -2.34. The summed E-state index contributed by atoms with van der Waals surface area (Å²) in [5.41, 5.74) is 1.34. The van der Waals surface area contributed by atoms with Crippen LogP contribution in [0, 0.1) is 5.82 Å². The van der Waals surface area contributed by atoms with Crippen molar-refractivity contribution in [3.63, 3.8) is 0 Å². The number of hydrogen-bond donors (Lipinski definition) is 4.